The topological polar surface area (TPSA) is 76.7 Å². The summed E-state index contributed by atoms with van der Waals surface area (Å²) in [4.78, 5) is 4.84. The number of benzene rings is 2. The third kappa shape index (κ3) is 2.57. The molecule has 0 radical (unpaired) electrons. The number of phenolic OH excluding ortho intramolecular Hbond substituents is 2. The van der Waals surface area contributed by atoms with E-state index < -0.39 is 0 Å². The summed E-state index contributed by atoms with van der Waals surface area (Å²) in [6, 6.07) is 10.0. The molecule has 0 aliphatic carbocycles. The van der Waals surface area contributed by atoms with Gasteiger partial charge in [-0.15, -0.1) is 0 Å². The van der Waals surface area contributed by atoms with Gasteiger partial charge in [-0.25, -0.2) is 4.98 Å². The van der Waals surface area contributed by atoms with Crippen molar-refractivity contribution in [1.29, 1.82) is 0 Å². The Hall–Kier alpha value is -2.73. The van der Waals surface area contributed by atoms with Crippen LogP contribution in [-0.2, 0) is 4.74 Å². The van der Waals surface area contributed by atoms with Crippen molar-refractivity contribution in [3.63, 3.8) is 0 Å². The fourth-order valence-corrected chi connectivity index (χ4v) is 3.66. The fraction of sp³-hybridized carbons (Fsp3) is 0.350. The number of hydrogen-bond acceptors (Lipinski definition) is 5. The first-order valence-electron chi connectivity index (χ1n) is 8.76. The maximum Gasteiger partial charge on any atom is 0.200 e. The highest BCUT2D eigenvalue weighted by Crippen LogP contribution is 2.44. The maximum atomic E-state index is 10.3. The van der Waals surface area contributed by atoms with Crippen molar-refractivity contribution >= 4 is 11.0 Å². The largest absolute Gasteiger partial charge is 0.504 e. The van der Waals surface area contributed by atoms with Crippen LogP contribution in [0.15, 0.2) is 30.3 Å². The van der Waals surface area contributed by atoms with E-state index in [1.54, 1.807) is 13.0 Å². The first kappa shape index (κ1) is 16.7. The van der Waals surface area contributed by atoms with Gasteiger partial charge in [-0.05, 0) is 38.0 Å². The molecule has 0 saturated carbocycles. The molecule has 1 aliphatic rings. The van der Waals surface area contributed by atoms with E-state index in [0.29, 0.717) is 5.56 Å². The van der Waals surface area contributed by atoms with Crippen LogP contribution in [0.4, 0.5) is 0 Å². The van der Waals surface area contributed by atoms with Crippen molar-refractivity contribution in [2.75, 3.05) is 20.3 Å². The van der Waals surface area contributed by atoms with Crippen LogP contribution in [0, 0.1) is 6.92 Å². The van der Waals surface area contributed by atoms with Gasteiger partial charge in [-0.3, -0.25) is 0 Å². The van der Waals surface area contributed by atoms with E-state index in [9.17, 15) is 10.2 Å². The van der Waals surface area contributed by atoms with Crippen molar-refractivity contribution in [2.24, 2.45) is 0 Å². The van der Waals surface area contributed by atoms with Crippen LogP contribution in [-0.4, -0.2) is 40.1 Å². The zero-order valence-corrected chi connectivity index (χ0v) is 14.9. The summed E-state index contributed by atoms with van der Waals surface area (Å²) in [5.74, 6) is 0.574. The number of aromatic hydroxyl groups is 2. The lowest BCUT2D eigenvalue weighted by atomic mass is 10.0. The van der Waals surface area contributed by atoms with Crippen molar-refractivity contribution in [3.8, 4) is 28.6 Å². The van der Waals surface area contributed by atoms with Gasteiger partial charge in [0.05, 0.1) is 18.1 Å². The van der Waals surface area contributed by atoms with Crippen LogP contribution in [0.3, 0.4) is 0 Å². The summed E-state index contributed by atoms with van der Waals surface area (Å²) in [5, 5.41) is 20.4. The number of hydrogen-bond donors (Lipinski definition) is 2. The molecule has 2 N–H and O–H groups in total. The molecule has 3 aromatic rings. The monoisotopic (exact) mass is 354 g/mol. The summed E-state index contributed by atoms with van der Waals surface area (Å²) >= 11 is 0. The highest BCUT2D eigenvalue weighted by atomic mass is 16.5. The van der Waals surface area contributed by atoms with E-state index in [1.165, 1.54) is 7.11 Å². The Morgan fingerprint density at radius 1 is 1.15 bits per heavy atom. The van der Waals surface area contributed by atoms with Gasteiger partial charge in [0.1, 0.15) is 5.82 Å². The molecule has 1 aliphatic heterocycles. The molecule has 26 heavy (non-hydrogen) atoms. The minimum absolute atomic E-state index is 0.176. The Morgan fingerprint density at radius 2 is 1.88 bits per heavy atom. The summed E-state index contributed by atoms with van der Waals surface area (Å²) in [6.07, 6.45) is 1.82. The summed E-state index contributed by atoms with van der Waals surface area (Å²) < 4.78 is 13.0. The van der Waals surface area contributed by atoms with Crippen LogP contribution < -0.4 is 4.74 Å². The van der Waals surface area contributed by atoms with Crippen LogP contribution in [0.1, 0.15) is 24.4 Å². The van der Waals surface area contributed by atoms with Crippen molar-refractivity contribution in [1.82, 2.24) is 9.55 Å². The first-order chi connectivity index (χ1) is 12.6. The van der Waals surface area contributed by atoms with Crippen LogP contribution in [0.5, 0.6) is 17.2 Å². The zero-order valence-electron chi connectivity index (χ0n) is 14.9. The van der Waals surface area contributed by atoms with Gasteiger partial charge in [0.2, 0.25) is 5.75 Å². The zero-order chi connectivity index (χ0) is 18.3. The number of para-hydroxylation sites is 2. The molecular weight excluding hydrogens is 332 g/mol. The predicted octanol–water partition coefficient (Wildman–Crippen LogP) is 3.78. The smallest absolute Gasteiger partial charge is 0.200 e. The lowest BCUT2D eigenvalue weighted by molar-refractivity contribution is 0.0710. The number of phenols is 2. The molecule has 1 saturated heterocycles. The van der Waals surface area contributed by atoms with E-state index in [0.717, 1.165) is 48.5 Å². The van der Waals surface area contributed by atoms with Gasteiger partial charge in [-0.1, -0.05) is 12.1 Å². The van der Waals surface area contributed by atoms with Gasteiger partial charge in [0, 0.05) is 30.4 Å². The predicted molar refractivity (Wildman–Crippen MR) is 98.9 cm³/mol. The fourth-order valence-electron chi connectivity index (χ4n) is 3.66. The second-order valence-corrected chi connectivity index (χ2v) is 6.59. The molecule has 6 nitrogen and oxygen atoms in total. The molecule has 0 bridgehead atoms. The molecule has 0 spiro atoms. The summed E-state index contributed by atoms with van der Waals surface area (Å²) in [5.41, 5.74) is 3.28. The number of methoxy groups -OCH3 is 1. The lowest BCUT2D eigenvalue weighted by Gasteiger charge is -2.26. The molecule has 136 valence electrons. The van der Waals surface area contributed by atoms with Gasteiger partial charge >= 0.3 is 0 Å². The van der Waals surface area contributed by atoms with Crippen LogP contribution in [0.2, 0.25) is 0 Å². The highest BCUT2D eigenvalue weighted by Gasteiger charge is 2.25. The molecule has 1 aromatic heterocycles. The Kier molecular flexibility index (Phi) is 4.20. The van der Waals surface area contributed by atoms with Gasteiger partial charge in [-0.2, -0.15) is 0 Å². The minimum atomic E-state index is -0.248. The average Bonchev–Trinajstić information content (AvgIpc) is 3.06. The molecule has 1 fully saturated rings. The average molecular weight is 354 g/mol. The number of aromatic nitrogens is 2. The first-order valence-corrected chi connectivity index (χ1v) is 8.76. The van der Waals surface area contributed by atoms with Gasteiger partial charge < -0.3 is 24.3 Å². The molecule has 4 rings (SSSR count). The molecule has 0 amide bonds. The van der Waals surface area contributed by atoms with Crippen molar-refractivity contribution < 1.29 is 19.7 Å². The Bertz CT molecular complexity index is 958. The molecular formula is C20H22N2O4. The molecule has 0 atom stereocenters. The minimum Gasteiger partial charge on any atom is -0.504 e. The van der Waals surface area contributed by atoms with Gasteiger partial charge in [0.15, 0.2) is 11.5 Å². The molecule has 0 unspecified atom stereocenters. The van der Waals surface area contributed by atoms with Crippen molar-refractivity contribution in [3.05, 3.63) is 35.9 Å². The van der Waals surface area contributed by atoms with E-state index in [2.05, 4.69) is 10.6 Å². The number of imidazole rings is 1. The Labute approximate surface area is 151 Å². The summed E-state index contributed by atoms with van der Waals surface area (Å²) in [7, 11) is 1.47. The standard InChI is InChI=1S/C20H22N2O4/c1-12-14(11-17(25-2)19(24)18(12)23)20-21-15-5-3-4-6-16(15)22(20)13-7-9-26-10-8-13/h3-6,11,13,23-24H,7-10H2,1-2H3. The van der Waals surface area contributed by atoms with E-state index in [-0.39, 0.29) is 23.3 Å². The maximum absolute atomic E-state index is 10.3. The third-order valence-corrected chi connectivity index (χ3v) is 5.10. The SMILES string of the molecule is COc1cc(-c2nc3ccccc3n2C2CCOCC2)c(C)c(O)c1O. The van der Waals surface area contributed by atoms with E-state index in [1.807, 2.05) is 18.2 Å². The number of ether oxygens (including phenoxy) is 2. The van der Waals surface area contributed by atoms with E-state index >= 15 is 0 Å². The van der Waals surface area contributed by atoms with Crippen LogP contribution >= 0.6 is 0 Å². The normalized spacial score (nSPS) is 15.5. The molecule has 2 aromatic carbocycles. The third-order valence-electron chi connectivity index (χ3n) is 5.10. The number of nitrogens with zero attached hydrogens (tertiary/aromatic N) is 2. The Balaban J connectivity index is 1.99. The highest BCUT2D eigenvalue weighted by molar-refractivity contribution is 5.83. The molecule has 2 heterocycles. The second kappa shape index (κ2) is 6.53. The summed E-state index contributed by atoms with van der Waals surface area (Å²) in [6.45, 7) is 3.22. The quantitative estimate of drug-likeness (QED) is 0.700. The van der Waals surface area contributed by atoms with E-state index in [4.69, 9.17) is 14.5 Å². The second-order valence-electron chi connectivity index (χ2n) is 6.59. The molecule has 6 heteroatoms. The van der Waals surface area contributed by atoms with Gasteiger partial charge in [0.25, 0.3) is 0 Å². The number of fused-ring (bicyclic) bond motifs is 1. The van der Waals surface area contributed by atoms with Crippen molar-refractivity contribution in [2.45, 2.75) is 25.8 Å². The lowest BCUT2D eigenvalue weighted by Crippen LogP contribution is -2.20. The van der Waals surface area contributed by atoms with Crippen LogP contribution in [0.25, 0.3) is 22.4 Å². The number of rotatable bonds is 3. The Morgan fingerprint density at radius 3 is 2.62 bits per heavy atom.